The molecule has 0 saturated heterocycles. The lowest BCUT2D eigenvalue weighted by Crippen LogP contribution is -2.77. The van der Waals surface area contributed by atoms with Crippen LogP contribution < -0.4 is 0 Å². The summed E-state index contributed by atoms with van der Waals surface area (Å²) in [6.07, 6.45) is -40.6. The zero-order valence-electron chi connectivity index (χ0n) is 16.3. The van der Waals surface area contributed by atoms with Gasteiger partial charge < -0.3 is 0 Å². The van der Waals surface area contributed by atoms with Crippen LogP contribution in [0.25, 0.3) is 0 Å². The first-order chi connectivity index (χ1) is 16.3. The maximum absolute atomic E-state index is 13.9. The van der Waals surface area contributed by atoms with Crippen molar-refractivity contribution in [1.82, 2.24) is 4.90 Å². The molecule has 0 aromatic carbocycles. The molecule has 0 atom stereocenters. The van der Waals surface area contributed by atoms with Crippen molar-refractivity contribution in [2.45, 2.75) is 66.2 Å². The molecule has 0 aliphatic heterocycles. The van der Waals surface area contributed by atoms with Crippen molar-refractivity contribution in [3.8, 4) is 0 Å². The van der Waals surface area contributed by atoms with Gasteiger partial charge in [-0.25, -0.2) is 8.78 Å². The van der Waals surface area contributed by atoms with Crippen molar-refractivity contribution < 1.29 is 114 Å². The molecule has 0 aliphatic rings. The molecule has 0 rings (SSSR count). The van der Waals surface area contributed by atoms with Gasteiger partial charge in [-0.3, -0.25) is 0 Å². The molecule has 1 nitrogen and oxygen atoms in total. The molecule has 0 aromatic heterocycles. The van der Waals surface area contributed by atoms with Crippen LogP contribution in [0.1, 0.15) is 0 Å². The zero-order valence-corrected chi connectivity index (χ0v) is 16.3. The molecular weight excluding hydrogens is 652 g/mol. The Kier molecular flexibility index (Phi) is 8.64. The van der Waals surface area contributed by atoms with Crippen LogP contribution in [0.15, 0.2) is 0 Å². The van der Waals surface area contributed by atoms with E-state index in [0.29, 0.717) is 0 Å². The molecule has 0 amide bonds. The third kappa shape index (κ3) is 4.96. The van der Waals surface area contributed by atoms with Crippen LogP contribution in [0.3, 0.4) is 0 Å². The van der Waals surface area contributed by atoms with Gasteiger partial charge in [0.15, 0.2) is 0 Å². The largest absolute Gasteiger partial charge is 0.460 e. The fraction of sp³-hybridized carbons (Fsp3) is 0.917. The maximum Gasteiger partial charge on any atom is 0.460 e. The van der Waals surface area contributed by atoms with Gasteiger partial charge in [0, 0.05) is 0 Å². The highest BCUT2D eigenvalue weighted by molar-refractivity contribution is 5.18. The Bertz CT molecular complexity index is 801. The smallest absolute Gasteiger partial charge is 0.218 e. The summed E-state index contributed by atoms with van der Waals surface area (Å²) < 4.78 is 336. The van der Waals surface area contributed by atoms with Crippen molar-refractivity contribution in [1.29, 1.82) is 0 Å². The molecule has 0 spiro atoms. The quantitative estimate of drug-likeness (QED) is 0.188. The van der Waals surface area contributed by atoms with Crippen LogP contribution in [-0.2, 0) is 0 Å². The highest BCUT2D eigenvalue weighted by Gasteiger charge is 2.93. The van der Waals surface area contributed by atoms with Gasteiger partial charge >= 0.3 is 66.2 Å². The normalized spacial score (nSPS) is 16.9. The highest BCUT2D eigenvalue weighted by atomic mass is 19.5. The van der Waals surface area contributed by atoms with Gasteiger partial charge in [-0.05, 0) is 0 Å². The molecule has 27 heteroatoms. The molecule has 0 bridgehead atoms. The van der Waals surface area contributed by atoms with Gasteiger partial charge in [0.25, 0.3) is 6.30 Å². The number of nitrogens with zero attached hydrogens (tertiary/aromatic N) is 1. The SMILES string of the molecule is F[C](N(C(F)(F)C(F)(F)C(F)(F)C(F)(F)F)C(F)(F)C(F)(F)C(F)(F)C(F)(F)F)C(F)(C(F)(F)F)C(F)(F)F. The van der Waals surface area contributed by atoms with Gasteiger partial charge in [0.1, 0.15) is 0 Å². The van der Waals surface area contributed by atoms with E-state index in [9.17, 15) is 114 Å². The van der Waals surface area contributed by atoms with Crippen LogP contribution in [0.5, 0.6) is 0 Å². The van der Waals surface area contributed by atoms with E-state index in [2.05, 4.69) is 0 Å². The number of alkyl halides is 25. The standard InChI is InChI=1S/C12F26N/c13-1(2(14,7(23,24)25)8(26,27)28)39(11(35,36)5(19,20)3(15,16)9(29,30)31)12(37,38)6(21,22)4(17,18)10(32,33)34. The van der Waals surface area contributed by atoms with E-state index >= 15 is 0 Å². The van der Waals surface area contributed by atoms with Gasteiger partial charge in [-0.1, -0.05) is 0 Å². The summed E-state index contributed by atoms with van der Waals surface area (Å²) in [5.41, 5.74) is -8.89. The molecule has 0 N–H and O–H groups in total. The topological polar surface area (TPSA) is 3.24 Å². The summed E-state index contributed by atoms with van der Waals surface area (Å²) in [5, 5.41) is 0. The molecule has 39 heavy (non-hydrogen) atoms. The molecule has 0 fully saturated rings. The Labute approximate surface area is 193 Å². The molecule has 1 radical (unpaired) electrons. The average Bonchev–Trinajstić information content (AvgIpc) is 2.62. The van der Waals surface area contributed by atoms with E-state index < -0.39 is 77.4 Å². The van der Waals surface area contributed by atoms with E-state index in [1.165, 1.54) is 0 Å². The van der Waals surface area contributed by atoms with Crippen LogP contribution in [0.4, 0.5) is 114 Å². The monoisotopic (exact) mass is 652 g/mol. The summed E-state index contributed by atoms with van der Waals surface area (Å²) >= 11 is 0. The minimum atomic E-state index is -9.50. The fourth-order valence-electron chi connectivity index (χ4n) is 1.99. The van der Waals surface area contributed by atoms with Crippen molar-refractivity contribution >= 4 is 0 Å². The Morgan fingerprint density at radius 2 is 0.513 bits per heavy atom. The minimum absolute atomic E-state index is 5.65. The third-order valence-electron chi connectivity index (χ3n) is 4.08. The second-order valence-electron chi connectivity index (χ2n) is 6.66. The van der Waals surface area contributed by atoms with Gasteiger partial charge in [-0.2, -0.15) is 105 Å². The van der Waals surface area contributed by atoms with E-state index in [4.69, 9.17) is 0 Å². The first-order valence-electron chi connectivity index (χ1n) is 7.83. The van der Waals surface area contributed by atoms with Crippen molar-refractivity contribution in [3.05, 3.63) is 6.30 Å². The first-order valence-corrected chi connectivity index (χ1v) is 7.83. The van der Waals surface area contributed by atoms with E-state index in [1.54, 1.807) is 0 Å². The lowest BCUT2D eigenvalue weighted by molar-refractivity contribution is -0.482. The molecule has 0 unspecified atom stereocenters. The van der Waals surface area contributed by atoms with E-state index in [0.717, 1.165) is 0 Å². The number of halogens is 26. The summed E-state index contributed by atoms with van der Waals surface area (Å²) in [4.78, 5) is -5.65. The highest BCUT2D eigenvalue weighted by Crippen LogP contribution is 2.64. The summed E-state index contributed by atoms with van der Waals surface area (Å²) in [5.74, 6) is -36.3. The van der Waals surface area contributed by atoms with Crippen molar-refractivity contribution in [2.24, 2.45) is 0 Å². The lowest BCUT2D eigenvalue weighted by atomic mass is 9.97. The van der Waals surface area contributed by atoms with E-state index in [-0.39, 0.29) is 0 Å². The Morgan fingerprint density at radius 1 is 0.308 bits per heavy atom. The predicted molar refractivity (Wildman–Crippen MR) is 63.9 cm³/mol. The summed E-state index contributed by atoms with van der Waals surface area (Å²) in [6, 6.07) is -19.0. The Balaban J connectivity index is 8.11. The van der Waals surface area contributed by atoms with Crippen LogP contribution in [0, 0.1) is 6.30 Å². The number of hydrogen-bond donors (Lipinski definition) is 0. The summed E-state index contributed by atoms with van der Waals surface area (Å²) in [7, 11) is 0. The second-order valence-corrected chi connectivity index (χ2v) is 6.66. The van der Waals surface area contributed by atoms with Gasteiger partial charge in [-0.15, -0.1) is 4.90 Å². The number of rotatable bonds is 8. The fourth-order valence-corrected chi connectivity index (χ4v) is 1.99. The van der Waals surface area contributed by atoms with Gasteiger partial charge in [0.05, 0.1) is 0 Å². The van der Waals surface area contributed by atoms with Gasteiger partial charge in [0.2, 0.25) is 0 Å². The molecule has 0 aromatic rings. The molecule has 0 heterocycles. The van der Waals surface area contributed by atoms with Crippen molar-refractivity contribution in [2.75, 3.05) is 0 Å². The maximum atomic E-state index is 13.9. The third-order valence-corrected chi connectivity index (χ3v) is 4.08. The molecule has 235 valence electrons. The van der Waals surface area contributed by atoms with Crippen LogP contribution >= 0.6 is 0 Å². The first kappa shape index (κ1) is 37.1. The van der Waals surface area contributed by atoms with Crippen LogP contribution in [0.2, 0.25) is 0 Å². The molecular formula is C12F26N. The predicted octanol–water partition coefficient (Wildman–Crippen LogP) is 8.43. The lowest BCUT2D eigenvalue weighted by Gasteiger charge is -2.48. The Morgan fingerprint density at radius 3 is 0.667 bits per heavy atom. The summed E-state index contributed by atoms with van der Waals surface area (Å²) in [6.45, 7) is 0. The van der Waals surface area contributed by atoms with Crippen molar-refractivity contribution in [3.63, 3.8) is 0 Å². The zero-order chi connectivity index (χ0) is 32.7. The average molecular weight is 652 g/mol. The van der Waals surface area contributed by atoms with E-state index in [1.807, 2.05) is 0 Å². The second kappa shape index (κ2) is 9.07. The Hall–Kier alpha value is -1.86. The number of hydrogen-bond acceptors (Lipinski definition) is 1. The molecule has 0 aliphatic carbocycles. The minimum Gasteiger partial charge on any atom is -0.218 e. The van der Waals surface area contributed by atoms with Crippen LogP contribution in [-0.4, -0.2) is 71.1 Å². The molecule has 0 saturated carbocycles.